The second-order valence-electron chi connectivity index (χ2n) is 5.03. The summed E-state index contributed by atoms with van der Waals surface area (Å²) in [4.78, 5) is 15.1. The molecule has 0 bridgehead atoms. The van der Waals surface area contributed by atoms with E-state index in [0.29, 0.717) is 22.4 Å². The van der Waals surface area contributed by atoms with Gasteiger partial charge in [0.2, 0.25) is 0 Å². The lowest BCUT2D eigenvalue weighted by Crippen LogP contribution is -2.34. The van der Waals surface area contributed by atoms with E-state index in [1.807, 2.05) is 6.92 Å². The molecule has 0 aliphatic carbocycles. The monoisotopic (exact) mass is 321 g/mol. The van der Waals surface area contributed by atoms with Gasteiger partial charge in [-0.1, -0.05) is 13.3 Å². The van der Waals surface area contributed by atoms with E-state index in [9.17, 15) is 14.8 Å². The van der Waals surface area contributed by atoms with Gasteiger partial charge in [0.25, 0.3) is 0 Å². The maximum Gasteiger partial charge on any atom is 0.491 e. The molecule has 0 fully saturated rings. The summed E-state index contributed by atoms with van der Waals surface area (Å²) in [5.41, 5.74) is 0.594. The molecule has 0 aliphatic heterocycles. The highest BCUT2D eigenvalue weighted by atomic mass is 16.5. The highest BCUT2D eigenvalue weighted by Crippen LogP contribution is 2.31. The molecule has 2 rings (SSSR count). The molecule has 23 heavy (non-hydrogen) atoms. The van der Waals surface area contributed by atoms with Crippen LogP contribution in [0.4, 0.5) is 0 Å². The molecule has 2 aromatic rings. The Bertz CT molecular complexity index is 697. The summed E-state index contributed by atoms with van der Waals surface area (Å²) >= 11 is 0. The first kappa shape index (κ1) is 17.2. The van der Waals surface area contributed by atoms with Crippen LogP contribution >= 0.6 is 0 Å². The van der Waals surface area contributed by atoms with Gasteiger partial charge in [-0.25, -0.2) is 4.79 Å². The zero-order chi connectivity index (χ0) is 17.0. The number of ether oxygens (including phenoxy) is 3. The molecule has 0 spiro atoms. The standard InChI is InChI=1S/C15H20BNO6/c1-4-5-6-23-15(18)14-13(16(19)20)9-7-11(21-2)12(22-3)8-10(9)17-14/h7-8,17,19-20H,4-6H2,1-3H3. The lowest BCUT2D eigenvalue weighted by molar-refractivity contribution is 0.0495. The highest BCUT2D eigenvalue weighted by Gasteiger charge is 2.28. The molecule has 0 saturated carbocycles. The Morgan fingerprint density at radius 2 is 1.87 bits per heavy atom. The average molecular weight is 321 g/mol. The zero-order valence-corrected chi connectivity index (χ0v) is 13.4. The van der Waals surface area contributed by atoms with Crippen molar-refractivity contribution in [2.45, 2.75) is 19.8 Å². The van der Waals surface area contributed by atoms with Crippen molar-refractivity contribution in [1.82, 2.24) is 4.98 Å². The Balaban J connectivity index is 2.52. The molecule has 0 unspecified atom stereocenters. The van der Waals surface area contributed by atoms with E-state index in [1.165, 1.54) is 14.2 Å². The normalized spacial score (nSPS) is 10.7. The van der Waals surface area contributed by atoms with Crippen molar-refractivity contribution >= 4 is 29.5 Å². The van der Waals surface area contributed by atoms with Crippen LogP contribution in [0.25, 0.3) is 10.9 Å². The first-order chi connectivity index (χ1) is 11.0. The van der Waals surface area contributed by atoms with Gasteiger partial charge in [0.1, 0.15) is 5.69 Å². The summed E-state index contributed by atoms with van der Waals surface area (Å²) in [5.74, 6) is 0.258. The van der Waals surface area contributed by atoms with E-state index in [1.54, 1.807) is 12.1 Å². The van der Waals surface area contributed by atoms with Gasteiger partial charge in [-0.3, -0.25) is 0 Å². The number of aromatic nitrogens is 1. The maximum atomic E-state index is 12.2. The summed E-state index contributed by atoms with van der Waals surface area (Å²) in [7, 11) is 1.15. The number of esters is 1. The lowest BCUT2D eigenvalue weighted by atomic mass is 9.78. The van der Waals surface area contributed by atoms with E-state index in [2.05, 4.69) is 4.98 Å². The number of nitrogens with one attached hydrogen (secondary N) is 1. The molecule has 0 amide bonds. The van der Waals surface area contributed by atoms with Crippen LogP contribution in [0.15, 0.2) is 12.1 Å². The van der Waals surface area contributed by atoms with E-state index in [4.69, 9.17) is 14.2 Å². The minimum atomic E-state index is -1.82. The number of unbranched alkanes of at least 4 members (excludes halogenated alkanes) is 1. The predicted molar refractivity (Wildman–Crippen MR) is 86.4 cm³/mol. The molecule has 1 aromatic carbocycles. The van der Waals surface area contributed by atoms with Crippen molar-refractivity contribution in [3.63, 3.8) is 0 Å². The Hall–Kier alpha value is -2.19. The number of hydrogen-bond donors (Lipinski definition) is 3. The van der Waals surface area contributed by atoms with Crippen LogP contribution in [0.3, 0.4) is 0 Å². The fraction of sp³-hybridized carbons (Fsp3) is 0.400. The molecule has 124 valence electrons. The molecular weight excluding hydrogens is 301 g/mol. The molecule has 0 aliphatic rings. The number of hydrogen-bond acceptors (Lipinski definition) is 6. The predicted octanol–water partition coefficient (Wildman–Crippen LogP) is 0.822. The number of benzene rings is 1. The van der Waals surface area contributed by atoms with Gasteiger partial charge in [0.15, 0.2) is 11.5 Å². The van der Waals surface area contributed by atoms with Gasteiger partial charge in [0, 0.05) is 22.4 Å². The van der Waals surface area contributed by atoms with Gasteiger partial charge in [-0.05, 0) is 12.5 Å². The number of methoxy groups -OCH3 is 2. The smallest absolute Gasteiger partial charge is 0.491 e. The molecule has 3 N–H and O–H groups in total. The third-order valence-electron chi connectivity index (χ3n) is 3.54. The molecule has 8 heteroatoms. The summed E-state index contributed by atoms with van der Waals surface area (Å²) in [6.07, 6.45) is 1.63. The molecule has 0 atom stereocenters. The molecule has 1 heterocycles. The van der Waals surface area contributed by atoms with Gasteiger partial charge in [-0.15, -0.1) is 0 Å². The minimum absolute atomic E-state index is 0.0152. The third kappa shape index (κ3) is 3.43. The Labute approximate surface area is 134 Å². The van der Waals surface area contributed by atoms with Gasteiger partial charge in [-0.2, -0.15) is 0 Å². The molecule has 0 saturated heterocycles. The van der Waals surface area contributed by atoms with E-state index in [-0.39, 0.29) is 17.8 Å². The SMILES string of the molecule is CCCCOC(=O)c1[nH]c2cc(OC)c(OC)cc2c1B(O)O. The fourth-order valence-corrected chi connectivity index (χ4v) is 2.35. The minimum Gasteiger partial charge on any atom is -0.493 e. The lowest BCUT2D eigenvalue weighted by Gasteiger charge is -2.08. The summed E-state index contributed by atoms with van der Waals surface area (Å²) in [6.45, 7) is 2.26. The van der Waals surface area contributed by atoms with E-state index in [0.717, 1.165) is 12.8 Å². The van der Waals surface area contributed by atoms with Crippen LogP contribution < -0.4 is 14.9 Å². The van der Waals surface area contributed by atoms with Crippen molar-refractivity contribution in [3.8, 4) is 11.5 Å². The number of rotatable bonds is 7. The second-order valence-corrected chi connectivity index (χ2v) is 5.03. The number of carbonyl (C=O) groups is 1. The van der Waals surface area contributed by atoms with Crippen molar-refractivity contribution in [3.05, 3.63) is 17.8 Å². The Kier molecular flexibility index (Phi) is 5.52. The third-order valence-corrected chi connectivity index (χ3v) is 3.54. The van der Waals surface area contributed by atoms with Crippen molar-refractivity contribution in [2.75, 3.05) is 20.8 Å². The molecular formula is C15H20BNO6. The van der Waals surface area contributed by atoms with E-state index >= 15 is 0 Å². The summed E-state index contributed by atoms with van der Waals surface area (Å²) in [6, 6.07) is 3.21. The number of fused-ring (bicyclic) bond motifs is 1. The number of carbonyl (C=O) groups excluding carboxylic acids is 1. The fourth-order valence-electron chi connectivity index (χ4n) is 2.35. The van der Waals surface area contributed by atoms with Gasteiger partial charge >= 0.3 is 13.1 Å². The van der Waals surface area contributed by atoms with Crippen LogP contribution in [0.5, 0.6) is 11.5 Å². The first-order valence-corrected chi connectivity index (χ1v) is 7.34. The molecule has 0 radical (unpaired) electrons. The van der Waals surface area contributed by atoms with Crippen LogP contribution in [0.1, 0.15) is 30.3 Å². The van der Waals surface area contributed by atoms with Crippen LogP contribution in [0, 0.1) is 0 Å². The number of aromatic amines is 1. The second kappa shape index (κ2) is 7.39. The largest absolute Gasteiger partial charge is 0.493 e. The Morgan fingerprint density at radius 3 is 2.43 bits per heavy atom. The summed E-state index contributed by atoms with van der Waals surface area (Å²) < 4.78 is 15.6. The molecule has 1 aromatic heterocycles. The first-order valence-electron chi connectivity index (χ1n) is 7.34. The van der Waals surface area contributed by atoms with Crippen molar-refractivity contribution in [1.29, 1.82) is 0 Å². The number of H-pyrrole nitrogens is 1. The van der Waals surface area contributed by atoms with Crippen LogP contribution in [-0.2, 0) is 4.74 Å². The van der Waals surface area contributed by atoms with Crippen molar-refractivity contribution < 1.29 is 29.1 Å². The Morgan fingerprint density at radius 1 is 1.22 bits per heavy atom. The van der Waals surface area contributed by atoms with Crippen molar-refractivity contribution in [2.24, 2.45) is 0 Å². The molecule has 7 nitrogen and oxygen atoms in total. The zero-order valence-electron chi connectivity index (χ0n) is 13.4. The average Bonchev–Trinajstić information content (AvgIpc) is 2.92. The topological polar surface area (TPSA) is 101 Å². The van der Waals surface area contributed by atoms with Crippen LogP contribution in [0.2, 0.25) is 0 Å². The quantitative estimate of drug-likeness (QED) is 0.397. The highest BCUT2D eigenvalue weighted by molar-refractivity contribution is 6.63. The van der Waals surface area contributed by atoms with Gasteiger partial charge in [0.05, 0.1) is 20.8 Å². The summed E-state index contributed by atoms with van der Waals surface area (Å²) in [5, 5.41) is 19.8. The maximum absolute atomic E-state index is 12.2. The van der Waals surface area contributed by atoms with E-state index < -0.39 is 13.1 Å². The van der Waals surface area contributed by atoms with Crippen LogP contribution in [-0.4, -0.2) is 48.9 Å². The van der Waals surface area contributed by atoms with Gasteiger partial charge < -0.3 is 29.2 Å².